The zero-order valence-corrected chi connectivity index (χ0v) is 12.7. The highest BCUT2D eigenvalue weighted by atomic mass is 32.2. The third-order valence-corrected chi connectivity index (χ3v) is 5.76. The molecule has 1 unspecified atom stereocenters. The number of sulfone groups is 1. The first-order chi connectivity index (χ1) is 9.84. The highest BCUT2D eigenvalue weighted by Crippen LogP contribution is 2.17. The van der Waals surface area contributed by atoms with E-state index in [4.69, 9.17) is 0 Å². The molecular weight excluding hydrogens is 298 g/mol. The molecule has 0 saturated carbocycles. The van der Waals surface area contributed by atoms with Gasteiger partial charge in [-0.3, -0.25) is 14.4 Å². The van der Waals surface area contributed by atoms with E-state index in [1.54, 1.807) is 4.90 Å². The Labute approximate surface area is 123 Å². The van der Waals surface area contributed by atoms with Crippen LogP contribution in [0.1, 0.15) is 6.42 Å². The molecule has 2 saturated heterocycles. The van der Waals surface area contributed by atoms with Crippen LogP contribution in [0.5, 0.6) is 0 Å². The van der Waals surface area contributed by atoms with Gasteiger partial charge in [0.2, 0.25) is 6.41 Å². The summed E-state index contributed by atoms with van der Waals surface area (Å²) in [7, 11) is -1.63. The Kier molecular flexibility index (Phi) is 4.50. The van der Waals surface area contributed by atoms with E-state index in [9.17, 15) is 22.8 Å². The molecule has 0 aromatic rings. The van der Waals surface area contributed by atoms with E-state index in [0.29, 0.717) is 32.6 Å². The quantitative estimate of drug-likeness (QED) is 0.431. The van der Waals surface area contributed by atoms with Crippen molar-refractivity contribution in [2.24, 2.45) is 0 Å². The lowest BCUT2D eigenvalue weighted by Gasteiger charge is -2.33. The maximum atomic E-state index is 12.1. The van der Waals surface area contributed by atoms with Gasteiger partial charge in [-0.15, -0.1) is 0 Å². The van der Waals surface area contributed by atoms with Gasteiger partial charge >= 0.3 is 11.8 Å². The maximum Gasteiger partial charge on any atom is 0.312 e. The number of nitrogens with zero attached hydrogens (tertiary/aromatic N) is 3. The number of carbonyl (C=O) groups is 3. The highest BCUT2D eigenvalue weighted by Gasteiger charge is 2.36. The van der Waals surface area contributed by atoms with E-state index in [2.05, 4.69) is 0 Å². The first-order valence-electron chi connectivity index (χ1n) is 6.80. The van der Waals surface area contributed by atoms with Crippen molar-refractivity contribution in [1.82, 2.24) is 14.7 Å². The van der Waals surface area contributed by atoms with E-state index in [1.807, 2.05) is 0 Å². The van der Waals surface area contributed by atoms with Crippen LogP contribution >= 0.6 is 0 Å². The molecule has 0 aromatic heterocycles. The standard InChI is InChI=1S/C12H19N3O5S/c1-13(10-2-7-21(19,20)8-10)11(17)12(18)15-5-3-14(9-16)4-6-15/h9-10H,2-8H2,1H3. The summed E-state index contributed by atoms with van der Waals surface area (Å²) < 4.78 is 22.9. The molecule has 9 heteroatoms. The molecule has 1 atom stereocenters. The first-order valence-corrected chi connectivity index (χ1v) is 8.62. The molecule has 0 aliphatic carbocycles. The molecule has 3 amide bonds. The SMILES string of the molecule is CN(C(=O)C(=O)N1CCN(C=O)CC1)C1CCS(=O)(=O)C1. The summed E-state index contributed by atoms with van der Waals surface area (Å²) in [6.45, 7) is 1.45. The minimum absolute atomic E-state index is 0.0570. The predicted molar refractivity (Wildman–Crippen MR) is 74.0 cm³/mol. The second-order valence-corrected chi connectivity index (χ2v) is 7.64. The molecule has 2 aliphatic heterocycles. The number of likely N-dealkylation sites (N-methyl/N-ethyl adjacent to an activating group) is 1. The molecule has 0 N–H and O–H groups in total. The Bertz CT molecular complexity index is 539. The molecule has 0 spiro atoms. The monoisotopic (exact) mass is 317 g/mol. The lowest BCUT2D eigenvalue weighted by atomic mass is 10.2. The first kappa shape index (κ1) is 15.7. The van der Waals surface area contributed by atoms with Gasteiger partial charge in [-0.25, -0.2) is 8.42 Å². The summed E-state index contributed by atoms with van der Waals surface area (Å²) in [6, 6.07) is -0.428. The van der Waals surface area contributed by atoms with Crippen LogP contribution in [-0.2, 0) is 24.2 Å². The van der Waals surface area contributed by atoms with Gasteiger partial charge in [0.25, 0.3) is 0 Å². The summed E-state index contributed by atoms with van der Waals surface area (Å²) in [5, 5.41) is 0. The second-order valence-electron chi connectivity index (χ2n) is 5.41. The van der Waals surface area contributed by atoms with E-state index >= 15 is 0 Å². The fraction of sp³-hybridized carbons (Fsp3) is 0.750. The number of rotatable bonds is 2. The van der Waals surface area contributed by atoms with Crippen molar-refractivity contribution in [1.29, 1.82) is 0 Å². The summed E-state index contributed by atoms with van der Waals surface area (Å²) in [5.41, 5.74) is 0. The number of carbonyl (C=O) groups excluding carboxylic acids is 3. The van der Waals surface area contributed by atoms with Gasteiger partial charge in [0.1, 0.15) is 0 Å². The summed E-state index contributed by atoms with van der Waals surface area (Å²) in [4.78, 5) is 39.1. The lowest BCUT2D eigenvalue weighted by molar-refractivity contribution is -0.153. The summed E-state index contributed by atoms with van der Waals surface area (Å²) in [6.07, 6.45) is 1.09. The minimum Gasteiger partial charge on any atom is -0.342 e. The normalized spacial score (nSPS) is 24.7. The topological polar surface area (TPSA) is 95.1 Å². The van der Waals surface area contributed by atoms with Crippen molar-refractivity contribution in [2.45, 2.75) is 12.5 Å². The zero-order valence-electron chi connectivity index (χ0n) is 11.9. The van der Waals surface area contributed by atoms with Crippen LogP contribution < -0.4 is 0 Å². The van der Waals surface area contributed by atoms with E-state index in [1.165, 1.54) is 16.8 Å². The molecule has 118 valence electrons. The van der Waals surface area contributed by atoms with Crippen LogP contribution in [0.15, 0.2) is 0 Å². The molecule has 21 heavy (non-hydrogen) atoms. The summed E-state index contributed by atoms with van der Waals surface area (Å²) in [5.74, 6) is -1.34. The van der Waals surface area contributed by atoms with Gasteiger partial charge in [0, 0.05) is 39.3 Å². The summed E-state index contributed by atoms with van der Waals surface area (Å²) >= 11 is 0. The molecule has 0 radical (unpaired) electrons. The molecular formula is C12H19N3O5S. The Hall–Kier alpha value is -1.64. The molecule has 2 rings (SSSR count). The van der Waals surface area contributed by atoms with Gasteiger partial charge in [-0.1, -0.05) is 0 Å². The van der Waals surface area contributed by atoms with E-state index in [0.717, 1.165) is 6.41 Å². The van der Waals surface area contributed by atoms with Crippen LogP contribution in [0, 0.1) is 0 Å². The fourth-order valence-corrected chi connectivity index (χ4v) is 4.34. The number of hydrogen-bond acceptors (Lipinski definition) is 5. The van der Waals surface area contributed by atoms with Crippen molar-refractivity contribution in [3.05, 3.63) is 0 Å². The molecule has 2 aliphatic rings. The highest BCUT2D eigenvalue weighted by molar-refractivity contribution is 7.91. The Morgan fingerprint density at radius 1 is 1.19 bits per heavy atom. The number of amides is 3. The van der Waals surface area contributed by atoms with Crippen LogP contribution in [0.3, 0.4) is 0 Å². The molecule has 2 fully saturated rings. The third kappa shape index (κ3) is 3.52. The van der Waals surface area contributed by atoms with E-state index < -0.39 is 27.7 Å². The molecule has 2 heterocycles. The predicted octanol–water partition coefficient (Wildman–Crippen LogP) is -2.07. The van der Waals surface area contributed by atoms with Crippen LogP contribution in [-0.4, -0.2) is 92.1 Å². The van der Waals surface area contributed by atoms with Crippen molar-refractivity contribution in [3.63, 3.8) is 0 Å². The van der Waals surface area contributed by atoms with Gasteiger partial charge in [-0.2, -0.15) is 0 Å². The van der Waals surface area contributed by atoms with E-state index in [-0.39, 0.29) is 11.5 Å². The number of piperazine rings is 1. The van der Waals surface area contributed by atoms with Gasteiger partial charge in [0.15, 0.2) is 9.84 Å². The fourth-order valence-electron chi connectivity index (χ4n) is 2.56. The average Bonchev–Trinajstić information content (AvgIpc) is 2.85. The van der Waals surface area contributed by atoms with Crippen LogP contribution in [0.4, 0.5) is 0 Å². The largest absolute Gasteiger partial charge is 0.342 e. The lowest BCUT2D eigenvalue weighted by Crippen LogP contribution is -2.53. The van der Waals surface area contributed by atoms with Gasteiger partial charge < -0.3 is 14.7 Å². The van der Waals surface area contributed by atoms with Gasteiger partial charge in [0.05, 0.1) is 11.5 Å². The molecule has 0 bridgehead atoms. The second kappa shape index (κ2) is 6.00. The van der Waals surface area contributed by atoms with Crippen molar-refractivity contribution >= 4 is 28.1 Å². The zero-order chi connectivity index (χ0) is 15.6. The van der Waals surface area contributed by atoms with Gasteiger partial charge in [-0.05, 0) is 6.42 Å². The van der Waals surface area contributed by atoms with Crippen molar-refractivity contribution < 1.29 is 22.8 Å². The Morgan fingerprint density at radius 3 is 2.29 bits per heavy atom. The minimum atomic E-state index is -3.10. The smallest absolute Gasteiger partial charge is 0.312 e. The molecule has 0 aromatic carbocycles. The Morgan fingerprint density at radius 2 is 1.81 bits per heavy atom. The number of hydrogen-bond donors (Lipinski definition) is 0. The Balaban J connectivity index is 1.93. The third-order valence-electron chi connectivity index (χ3n) is 4.01. The van der Waals surface area contributed by atoms with Crippen molar-refractivity contribution in [3.8, 4) is 0 Å². The van der Waals surface area contributed by atoms with Crippen molar-refractivity contribution in [2.75, 3.05) is 44.7 Å². The average molecular weight is 317 g/mol. The maximum absolute atomic E-state index is 12.1. The van der Waals surface area contributed by atoms with Crippen LogP contribution in [0.2, 0.25) is 0 Å². The van der Waals surface area contributed by atoms with Crippen LogP contribution in [0.25, 0.3) is 0 Å². The molecule has 8 nitrogen and oxygen atoms in total.